The second-order valence-corrected chi connectivity index (χ2v) is 5.73. The summed E-state index contributed by atoms with van der Waals surface area (Å²) in [4.78, 5) is 15.2. The number of hydrogen-bond acceptors (Lipinski definition) is 4. The summed E-state index contributed by atoms with van der Waals surface area (Å²) < 4.78 is 0. The molecule has 0 spiro atoms. The fourth-order valence-corrected chi connectivity index (χ4v) is 3.26. The Labute approximate surface area is 133 Å². The first kappa shape index (κ1) is 13.7. The van der Waals surface area contributed by atoms with Gasteiger partial charge in [0.2, 0.25) is 0 Å². The lowest BCUT2D eigenvalue weighted by atomic mass is 10.1. The Hall–Kier alpha value is -2.95. The number of nitro benzene ring substituents is 1. The van der Waals surface area contributed by atoms with Crippen LogP contribution >= 0.6 is 0 Å². The standard InChI is InChI=1S/C18H15N3O2/c22-21(23)17-7-3-6-15-14(17)9-11-18(19-15)20-16-10-8-12-4-1-2-5-13(12)16/h1-7,9,11,16H,8,10H2,(H,19,20)/t16-/m1/s1. The number of nitrogens with zero attached hydrogens (tertiary/aromatic N) is 2. The highest BCUT2D eigenvalue weighted by molar-refractivity contribution is 5.88. The van der Waals surface area contributed by atoms with Crippen molar-refractivity contribution in [1.82, 2.24) is 4.98 Å². The number of aromatic nitrogens is 1. The van der Waals surface area contributed by atoms with Crippen molar-refractivity contribution >= 4 is 22.4 Å². The summed E-state index contributed by atoms with van der Waals surface area (Å²) in [5.74, 6) is 0.750. The molecule has 0 unspecified atom stereocenters. The van der Waals surface area contributed by atoms with Gasteiger partial charge in [-0.1, -0.05) is 30.3 Å². The van der Waals surface area contributed by atoms with Crippen LogP contribution in [0.5, 0.6) is 0 Å². The number of nitrogens with one attached hydrogen (secondary N) is 1. The van der Waals surface area contributed by atoms with Gasteiger partial charge in [-0.05, 0) is 42.2 Å². The van der Waals surface area contributed by atoms with E-state index in [0.717, 1.165) is 18.7 Å². The van der Waals surface area contributed by atoms with Crippen LogP contribution < -0.4 is 5.32 Å². The Kier molecular flexibility index (Phi) is 3.19. The van der Waals surface area contributed by atoms with E-state index in [1.807, 2.05) is 6.07 Å². The van der Waals surface area contributed by atoms with Gasteiger partial charge in [0.15, 0.2) is 0 Å². The quantitative estimate of drug-likeness (QED) is 0.580. The number of anilines is 1. The topological polar surface area (TPSA) is 68.1 Å². The van der Waals surface area contributed by atoms with Crippen LogP contribution in [0.4, 0.5) is 11.5 Å². The summed E-state index contributed by atoms with van der Waals surface area (Å²) in [6, 6.07) is 17.2. The second kappa shape index (κ2) is 5.35. The molecule has 1 aliphatic carbocycles. The minimum absolute atomic E-state index is 0.0905. The first-order valence-corrected chi connectivity index (χ1v) is 7.61. The van der Waals surface area contributed by atoms with E-state index in [4.69, 9.17) is 0 Å². The van der Waals surface area contributed by atoms with Crippen molar-refractivity contribution in [2.75, 3.05) is 5.32 Å². The van der Waals surface area contributed by atoms with E-state index in [1.165, 1.54) is 17.2 Å². The predicted octanol–water partition coefficient (Wildman–Crippen LogP) is 4.24. The maximum Gasteiger partial charge on any atom is 0.278 e. The first-order valence-electron chi connectivity index (χ1n) is 7.61. The van der Waals surface area contributed by atoms with Gasteiger partial charge in [0, 0.05) is 6.07 Å². The normalized spacial score (nSPS) is 16.3. The fraction of sp³-hybridized carbons (Fsp3) is 0.167. The van der Waals surface area contributed by atoms with Gasteiger partial charge in [0.25, 0.3) is 5.69 Å². The molecule has 1 atom stereocenters. The molecule has 5 nitrogen and oxygen atoms in total. The zero-order chi connectivity index (χ0) is 15.8. The monoisotopic (exact) mass is 305 g/mol. The maximum atomic E-state index is 11.1. The molecule has 0 radical (unpaired) electrons. The van der Waals surface area contributed by atoms with Crippen LogP contribution in [0.3, 0.4) is 0 Å². The van der Waals surface area contributed by atoms with Crippen molar-refractivity contribution < 1.29 is 4.92 Å². The summed E-state index contributed by atoms with van der Waals surface area (Å²) in [7, 11) is 0. The molecule has 3 aromatic rings. The highest BCUT2D eigenvalue weighted by Crippen LogP contribution is 2.34. The van der Waals surface area contributed by atoms with Gasteiger partial charge in [-0.3, -0.25) is 10.1 Å². The number of rotatable bonds is 3. The minimum atomic E-state index is -0.371. The van der Waals surface area contributed by atoms with Crippen molar-refractivity contribution in [2.24, 2.45) is 0 Å². The molecule has 114 valence electrons. The molecule has 0 fully saturated rings. The number of hydrogen-bond donors (Lipinski definition) is 1. The van der Waals surface area contributed by atoms with Crippen LogP contribution in [-0.2, 0) is 6.42 Å². The van der Waals surface area contributed by atoms with Crippen molar-refractivity contribution in [3.8, 4) is 0 Å². The lowest BCUT2D eigenvalue weighted by Crippen LogP contribution is -2.08. The van der Waals surface area contributed by atoms with Crippen LogP contribution in [0.25, 0.3) is 10.9 Å². The van der Waals surface area contributed by atoms with E-state index in [9.17, 15) is 10.1 Å². The largest absolute Gasteiger partial charge is 0.363 e. The molecule has 5 heteroatoms. The van der Waals surface area contributed by atoms with Crippen molar-refractivity contribution in [3.63, 3.8) is 0 Å². The SMILES string of the molecule is O=[N+]([O-])c1cccc2nc(N[C@@H]3CCc4ccccc43)ccc12. The molecular weight excluding hydrogens is 290 g/mol. The Morgan fingerprint density at radius 3 is 2.83 bits per heavy atom. The van der Waals surface area contributed by atoms with Crippen LogP contribution in [0, 0.1) is 10.1 Å². The molecule has 0 saturated heterocycles. The van der Waals surface area contributed by atoms with E-state index in [2.05, 4.69) is 34.6 Å². The van der Waals surface area contributed by atoms with E-state index in [0.29, 0.717) is 10.9 Å². The third kappa shape index (κ3) is 2.40. The molecule has 4 rings (SSSR count). The van der Waals surface area contributed by atoms with Crippen molar-refractivity contribution in [3.05, 3.63) is 75.8 Å². The predicted molar refractivity (Wildman–Crippen MR) is 89.5 cm³/mol. The van der Waals surface area contributed by atoms with E-state index in [-0.39, 0.29) is 16.7 Å². The third-order valence-electron chi connectivity index (χ3n) is 4.36. The zero-order valence-corrected chi connectivity index (χ0v) is 12.4. The Balaban J connectivity index is 1.67. The fourth-order valence-electron chi connectivity index (χ4n) is 3.26. The Morgan fingerprint density at radius 2 is 1.96 bits per heavy atom. The summed E-state index contributed by atoms with van der Waals surface area (Å²) in [5, 5.41) is 15.1. The number of nitro groups is 1. The van der Waals surface area contributed by atoms with Crippen LogP contribution in [0.15, 0.2) is 54.6 Å². The number of benzene rings is 2. The van der Waals surface area contributed by atoms with Crippen LogP contribution in [0.1, 0.15) is 23.6 Å². The molecule has 23 heavy (non-hydrogen) atoms. The smallest absolute Gasteiger partial charge is 0.278 e. The van der Waals surface area contributed by atoms with Crippen LogP contribution in [-0.4, -0.2) is 9.91 Å². The number of pyridine rings is 1. The van der Waals surface area contributed by atoms with Gasteiger partial charge in [-0.15, -0.1) is 0 Å². The Bertz CT molecular complexity index is 908. The third-order valence-corrected chi connectivity index (χ3v) is 4.36. The van der Waals surface area contributed by atoms with Gasteiger partial charge < -0.3 is 5.32 Å². The van der Waals surface area contributed by atoms with E-state index >= 15 is 0 Å². The van der Waals surface area contributed by atoms with Crippen LogP contribution in [0.2, 0.25) is 0 Å². The number of fused-ring (bicyclic) bond motifs is 2. The van der Waals surface area contributed by atoms with E-state index < -0.39 is 0 Å². The lowest BCUT2D eigenvalue weighted by Gasteiger charge is -2.15. The zero-order valence-electron chi connectivity index (χ0n) is 12.4. The molecular formula is C18H15N3O2. The molecule has 0 saturated carbocycles. The highest BCUT2D eigenvalue weighted by Gasteiger charge is 2.22. The van der Waals surface area contributed by atoms with Crippen molar-refractivity contribution in [2.45, 2.75) is 18.9 Å². The summed E-state index contributed by atoms with van der Waals surface area (Å²) in [5.41, 5.74) is 3.41. The molecule has 1 aromatic heterocycles. The minimum Gasteiger partial charge on any atom is -0.363 e. The summed E-state index contributed by atoms with van der Waals surface area (Å²) >= 11 is 0. The molecule has 0 aliphatic heterocycles. The lowest BCUT2D eigenvalue weighted by molar-refractivity contribution is -0.383. The maximum absolute atomic E-state index is 11.1. The molecule has 2 aromatic carbocycles. The molecule has 1 heterocycles. The van der Waals surface area contributed by atoms with E-state index in [1.54, 1.807) is 18.2 Å². The van der Waals surface area contributed by atoms with Gasteiger partial charge >= 0.3 is 0 Å². The second-order valence-electron chi connectivity index (χ2n) is 5.73. The van der Waals surface area contributed by atoms with Gasteiger partial charge in [0.05, 0.1) is 21.9 Å². The molecule has 1 N–H and O–H groups in total. The summed E-state index contributed by atoms with van der Waals surface area (Å²) in [6.45, 7) is 0. The average Bonchev–Trinajstić information content (AvgIpc) is 2.97. The molecule has 1 aliphatic rings. The van der Waals surface area contributed by atoms with Gasteiger partial charge in [-0.2, -0.15) is 0 Å². The first-order chi connectivity index (χ1) is 11.2. The van der Waals surface area contributed by atoms with Crippen molar-refractivity contribution in [1.29, 1.82) is 0 Å². The average molecular weight is 305 g/mol. The highest BCUT2D eigenvalue weighted by atomic mass is 16.6. The van der Waals surface area contributed by atoms with Gasteiger partial charge in [-0.25, -0.2) is 4.98 Å². The summed E-state index contributed by atoms with van der Waals surface area (Å²) in [6.07, 6.45) is 2.10. The number of aryl methyl sites for hydroxylation is 1. The van der Waals surface area contributed by atoms with Gasteiger partial charge in [0.1, 0.15) is 5.82 Å². The Morgan fingerprint density at radius 1 is 1.09 bits per heavy atom. The molecule has 0 amide bonds. The molecule has 0 bridgehead atoms. The number of non-ortho nitro benzene ring substituents is 1.